The van der Waals surface area contributed by atoms with E-state index < -0.39 is 17.9 Å². The first kappa shape index (κ1) is 16.8. The Hall–Kier alpha value is -1.70. The molecule has 1 aromatic heterocycles. The summed E-state index contributed by atoms with van der Waals surface area (Å²) in [5.74, 6) is -0.996. The minimum absolute atomic E-state index is 0.0373. The number of hydrogen-bond acceptors (Lipinski definition) is 5. The van der Waals surface area contributed by atoms with Crippen LogP contribution in [0.1, 0.15) is 31.2 Å². The minimum atomic E-state index is -0.547. The fraction of sp³-hybridized carbons (Fsp3) is 0.556. The molecule has 1 spiro atoms. The number of carbonyl (C=O) groups is 2. The molecule has 2 aliphatic heterocycles. The first-order valence-electron chi connectivity index (χ1n) is 8.80. The summed E-state index contributed by atoms with van der Waals surface area (Å²) in [5.41, 5.74) is 4.43. The van der Waals surface area contributed by atoms with E-state index in [0.717, 1.165) is 25.8 Å². The number of carbonyl (C=O) groups excluding carboxylic acids is 2. The summed E-state index contributed by atoms with van der Waals surface area (Å²) in [6, 6.07) is 1.56. The summed E-state index contributed by atoms with van der Waals surface area (Å²) in [4.78, 5) is 26.9. The van der Waals surface area contributed by atoms with Gasteiger partial charge in [0.1, 0.15) is 0 Å². The quantitative estimate of drug-likeness (QED) is 0.565. The van der Waals surface area contributed by atoms with Gasteiger partial charge in [-0.2, -0.15) is 11.3 Å². The molecule has 3 aliphatic rings. The minimum Gasteiger partial charge on any atom is -0.337 e. The molecular formula is C18H23N3O3S. The molecule has 0 aromatic carbocycles. The molecule has 25 heavy (non-hydrogen) atoms. The van der Waals surface area contributed by atoms with Crippen LogP contribution in [0.3, 0.4) is 0 Å². The summed E-state index contributed by atoms with van der Waals surface area (Å²) in [6.07, 6.45) is 5.79. The Labute approximate surface area is 150 Å². The Bertz CT molecular complexity index is 696. The van der Waals surface area contributed by atoms with Crippen LogP contribution in [-0.4, -0.2) is 47.6 Å². The lowest BCUT2D eigenvalue weighted by molar-refractivity contribution is -0.144. The van der Waals surface area contributed by atoms with Gasteiger partial charge < -0.3 is 10.2 Å². The standard InChI is InChI=1S/C18H23N3O3S/c22-16(20-24)14-9-18(4-5-18)11-19-15(14)17(23)21-6-1-12(2-7-21)13-3-8-25-10-13/h1,3,8,10,14-15,19,24H,2,4-7,9,11H2,(H,20,22). The maximum Gasteiger partial charge on any atom is 0.248 e. The lowest BCUT2D eigenvalue weighted by Crippen LogP contribution is -2.59. The normalized spacial score (nSPS) is 27.7. The van der Waals surface area contributed by atoms with Gasteiger partial charge >= 0.3 is 0 Å². The second-order valence-corrected chi connectivity index (χ2v) is 8.20. The highest BCUT2D eigenvalue weighted by atomic mass is 32.1. The number of thiophene rings is 1. The Morgan fingerprint density at radius 1 is 1.40 bits per heavy atom. The molecule has 3 heterocycles. The second-order valence-electron chi connectivity index (χ2n) is 7.42. The predicted octanol–water partition coefficient (Wildman–Crippen LogP) is 1.63. The van der Waals surface area contributed by atoms with Crippen LogP contribution in [-0.2, 0) is 9.59 Å². The third-order valence-electron chi connectivity index (χ3n) is 5.84. The smallest absolute Gasteiger partial charge is 0.248 e. The van der Waals surface area contributed by atoms with Crippen molar-refractivity contribution in [1.29, 1.82) is 0 Å². The van der Waals surface area contributed by atoms with E-state index in [1.807, 2.05) is 4.90 Å². The van der Waals surface area contributed by atoms with Crippen LogP contribution in [0.2, 0.25) is 0 Å². The van der Waals surface area contributed by atoms with E-state index in [1.165, 1.54) is 11.1 Å². The highest BCUT2D eigenvalue weighted by molar-refractivity contribution is 7.08. The van der Waals surface area contributed by atoms with E-state index in [2.05, 4.69) is 28.2 Å². The van der Waals surface area contributed by atoms with Crippen molar-refractivity contribution in [2.24, 2.45) is 11.3 Å². The van der Waals surface area contributed by atoms with E-state index in [1.54, 1.807) is 16.8 Å². The van der Waals surface area contributed by atoms with Gasteiger partial charge in [-0.25, -0.2) is 5.48 Å². The Morgan fingerprint density at radius 2 is 2.24 bits per heavy atom. The summed E-state index contributed by atoms with van der Waals surface area (Å²) in [5, 5.41) is 16.5. The monoisotopic (exact) mass is 361 g/mol. The van der Waals surface area contributed by atoms with E-state index in [-0.39, 0.29) is 11.3 Å². The molecule has 2 unspecified atom stereocenters. The molecule has 6 nitrogen and oxygen atoms in total. The van der Waals surface area contributed by atoms with Crippen molar-refractivity contribution in [3.8, 4) is 0 Å². The molecule has 4 rings (SSSR count). The average molecular weight is 361 g/mol. The molecule has 0 bridgehead atoms. The molecule has 3 N–H and O–H groups in total. The molecule has 0 radical (unpaired) electrons. The van der Waals surface area contributed by atoms with Crippen molar-refractivity contribution < 1.29 is 14.8 Å². The Morgan fingerprint density at radius 3 is 2.84 bits per heavy atom. The number of piperidine rings is 1. The van der Waals surface area contributed by atoms with E-state index in [0.29, 0.717) is 19.5 Å². The lowest BCUT2D eigenvalue weighted by atomic mass is 9.81. The summed E-state index contributed by atoms with van der Waals surface area (Å²) in [6.45, 7) is 2.01. The van der Waals surface area contributed by atoms with E-state index >= 15 is 0 Å². The first-order valence-corrected chi connectivity index (χ1v) is 9.74. The zero-order valence-corrected chi connectivity index (χ0v) is 14.8. The SMILES string of the molecule is O=C(NO)C1CC2(CC2)CNC1C(=O)N1CC=C(c2ccsc2)CC1. The van der Waals surface area contributed by atoms with Gasteiger partial charge in [0.05, 0.1) is 12.0 Å². The number of amides is 2. The zero-order chi connectivity index (χ0) is 17.4. The third kappa shape index (κ3) is 3.23. The Kier molecular flexibility index (Phi) is 4.39. The Balaban J connectivity index is 1.45. The van der Waals surface area contributed by atoms with Crippen LogP contribution in [0.5, 0.6) is 0 Å². The molecule has 7 heteroatoms. The van der Waals surface area contributed by atoms with Crippen LogP contribution < -0.4 is 10.8 Å². The number of nitrogens with one attached hydrogen (secondary N) is 2. The number of nitrogens with zero attached hydrogens (tertiary/aromatic N) is 1. The fourth-order valence-electron chi connectivity index (χ4n) is 4.04. The van der Waals surface area contributed by atoms with Gasteiger partial charge in [-0.3, -0.25) is 14.8 Å². The van der Waals surface area contributed by atoms with E-state index in [4.69, 9.17) is 5.21 Å². The van der Waals surface area contributed by atoms with Crippen LogP contribution in [0.25, 0.3) is 5.57 Å². The van der Waals surface area contributed by atoms with E-state index in [9.17, 15) is 9.59 Å². The zero-order valence-electron chi connectivity index (χ0n) is 14.0. The maximum absolute atomic E-state index is 13.0. The average Bonchev–Trinajstić information content (AvgIpc) is 3.18. The summed E-state index contributed by atoms with van der Waals surface area (Å²) in [7, 11) is 0. The third-order valence-corrected chi connectivity index (χ3v) is 6.52. The van der Waals surface area contributed by atoms with Gasteiger partial charge in [0.15, 0.2) is 0 Å². The summed E-state index contributed by atoms with van der Waals surface area (Å²) < 4.78 is 0. The van der Waals surface area contributed by atoms with Crippen molar-refractivity contribution >= 4 is 28.7 Å². The maximum atomic E-state index is 13.0. The number of hydrogen-bond donors (Lipinski definition) is 3. The molecular weight excluding hydrogens is 338 g/mol. The van der Waals surface area contributed by atoms with Crippen LogP contribution in [0, 0.1) is 11.3 Å². The molecule has 2 fully saturated rings. The van der Waals surface area contributed by atoms with Crippen molar-refractivity contribution in [2.75, 3.05) is 19.6 Å². The van der Waals surface area contributed by atoms with Gasteiger partial charge in [-0.05, 0) is 59.1 Å². The van der Waals surface area contributed by atoms with Crippen LogP contribution in [0.4, 0.5) is 0 Å². The number of rotatable bonds is 3. The molecule has 134 valence electrons. The van der Waals surface area contributed by atoms with Gasteiger partial charge in [0.2, 0.25) is 11.8 Å². The van der Waals surface area contributed by atoms with Gasteiger partial charge in [-0.1, -0.05) is 6.08 Å². The van der Waals surface area contributed by atoms with Crippen LogP contribution in [0.15, 0.2) is 22.9 Å². The molecule has 1 saturated carbocycles. The highest BCUT2D eigenvalue weighted by Crippen LogP contribution is 2.52. The first-order chi connectivity index (χ1) is 12.1. The van der Waals surface area contributed by atoms with Crippen molar-refractivity contribution in [3.63, 3.8) is 0 Å². The van der Waals surface area contributed by atoms with Gasteiger partial charge in [0.25, 0.3) is 0 Å². The molecule has 1 aromatic rings. The molecule has 2 atom stereocenters. The topological polar surface area (TPSA) is 81.7 Å². The molecule has 1 aliphatic carbocycles. The van der Waals surface area contributed by atoms with Gasteiger partial charge in [-0.15, -0.1) is 0 Å². The van der Waals surface area contributed by atoms with Crippen molar-refractivity contribution in [2.45, 2.75) is 31.7 Å². The highest BCUT2D eigenvalue weighted by Gasteiger charge is 2.52. The second kappa shape index (κ2) is 6.55. The fourth-order valence-corrected chi connectivity index (χ4v) is 4.73. The number of hydroxylamine groups is 1. The lowest BCUT2D eigenvalue weighted by Gasteiger charge is -2.38. The van der Waals surface area contributed by atoms with Crippen molar-refractivity contribution in [3.05, 3.63) is 28.5 Å². The molecule has 2 amide bonds. The largest absolute Gasteiger partial charge is 0.337 e. The van der Waals surface area contributed by atoms with Crippen LogP contribution >= 0.6 is 11.3 Å². The molecule has 1 saturated heterocycles. The van der Waals surface area contributed by atoms with Crippen molar-refractivity contribution in [1.82, 2.24) is 15.7 Å². The summed E-state index contributed by atoms with van der Waals surface area (Å²) >= 11 is 1.68. The predicted molar refractivity (Wildman–Crippen MR) is 95.0 cm³/mol. The van der Waals surface area contributed by atoms with Gasteiger partial charge in [0, 0.05) is 19.6 Å².